The summed E-state index contributed by atoms with van der Waals surface area (Å²) >= 11 is 0. The maximum Gasteiger partial charge on any atom is 0.143 e. The van der Waals surface area contributed by atoms with Crippen molar-refractivity contribution in [2.24, 2.45) is 0 Å². The Balaban J connectivity index is 2.19. The summed E-state index contributed by atoms with van der Waals surface area (Å²) in [5, 5.41) is 12.1. The molecule has 2 aromatic rings. The Morgan fingerprint density at radius 1 is 1.16 bits per heavy atom. The first-order valence-electron chi connectivity index (χ1n) is 6.10. The van der Waals surface area contributed by atoms with Crippen LogP contribution in [0.25, 0.3) is 0 Å². The number of aryl methyl sites for hydroxylation is 2. The van der Waals surface area contributed by atoms with Crippen LogP contribution in [0.4, 0.5) is 10.1 Å². The Kier molecular flexibility index (Phi) is 3.82. The first kappa shape index (κ1) is 13.1. The second-order valence-electron chi connectivity index (χ2n) is 4.62. The van der Waals surface area contributed by atoms with Crippen molar-refractivity contribution in [2.45, 2.75) is 20.4 Å². The van der Waals surface area contributed by atoms with Gasteiger partial charge in [0.05, 0.1) is 5.69 Å². The van der Waals surface area contributed by atoms with Crippen molar-refractivity contribution in [3.63, 3.8) is 0 Å². The molecule has 0 aliphatic heterocycles. The standard InChI is InChI=1S/C16H15FN2/c1-11-6-12(2)8-13(7-11)10-19-16-5-3-4-15(17)14(16)9-18/h3-8,19H,10H2,1-2H3. The van der Waals surface area contributed by atoms with Gasteiger partial charge >= 0.3 is 0 Å². The van der Waals surface area contributed by atoms with E-state index in [4.69, 9.17) is 5.26 Å². The zero-order chi connectivity index (χ0) is 13.8. The molecule has 0 unspecified atom stereocenters. The van der Waals surface area contributed by atoms with E-state index in [9.17, 15) is 4.39 Å². The van der Waals surface area contributed by atoms with Crippen molar-refractivity contribution in [1.82, 2.24) is 0 Å². The van der Waals surface area contributed by atoms with E-state index in [1.807, 2.05) is 19.9 Å². The smallest absolute Gasteiger partial charge is 0.143 e. The quantitative estimate of drug-likeness (QED) is 0.900. The Labute approximate surface area is 112 Å². The minimum Gasteiger partial charge on any atom is -0.380 e. The molecular weight excluding hydrogens is 239 g/mol. The van der Waals surface area contributed by atoms with Crippen LogP contribution in [-0.4, -0.2) is 0 Å². The Hall–Kier alpha value is -2.34. The summed E-state index contributed by atoms with van der Waals surface area (Å²) < 4.78 is 13.4. The number of nitriles is 1. The minimum atomic E-state index is -0.493. The van der Waals surface area contributed by atoms with Gasteiger partial charge in [0.15, 0.2) is 0 Å². The molecule has 0 amide bonds. The van der Waals surface area contributed by atoms with Gasteiger partial charge < -0.3 is 5.32 Å². The Morgan fingerprint density at radius 3 is 2.47 bits per heavy atom. The predicted octanol–water partition coefficient (Wildman–Crippen LogP) is 3.93. The third-order valence-electron chi connectivity index (χ3n) is 2.89. The SMILES string of the molecule is Cc1cc(C)cc(CNc2cccc(F)c2C#N)c1. The molecule has 96 valence electrons. The van der Waals surface area contributed by atoms with Gasteiger partial charge in [-0.3, -0.25) is 0 Å². The molecule has 0 spiro atoms. The fourth-order valence-electron chi connectivity index (χ4n) is 2.15. The van der Waals surface area contributed by atoms with E-state index in [2.05, 4.69) is 23.5 Å². The van der Waals surface area contributed by atoms with Crippen molar-refractivity contribution in [3.05, 3.63) is 64.5 Å². The van der Waals surface area contributed by atoms with Gasteiger partial charge in [0.1, 0.15) is 17.4 Å². The first-order chi connectivity index (χ1) is 9.10. The van der Waals surface area contributed by atoms with Gasteiger partial charge in [0.2, 0.25) is 0 Å². The molecule has 2 nitrogen and oxygen atoms in total. The number of hydrogen-bond acceptors (Lipinski definition) is 2. The van der Waals surface area contributed by atoms with Crippen molar-refractivity contribution in [3.8, 4) is 6.07 Å². The van der Waals surface area contributed by atoms with Gasteiger partial charge in [-0.1, -0.05) is 35.4 Å². The van der Waals surface area contributed by atoms with Crippen LogP contribution >= 0.6 is 0 Å². The maximum atomic E-state index is 13.4. The second-order valence-corrected chi connectivity index (χ2v) is 4.62. The van der Waals surface area contributed by atoms with Crippen LogP contribution in [0.1, 0.15) is 22.3 Å². The topological polar surface area (TPSA) is 35.8 Å². The normalized spacial score (nSPS) is 10.0. The number of nitrogens with one attached hydrogen (secondary N) is 1. The molecular formula is C16H15FN2. The lowest BCUT2D eigenvalue weighted by Gasteiger charge is -2.10. The molecule has 19 heavy (non-hydrogen) atoms. The Bertz CT molecular complexity index is 621. The van der Waals surface area contributed by atoms with E-state index in [0.717, 1.165) is 5.56 Å². The van der Waals surface area contributed by atoms with E-state index in [0.29, 0.717) is 12.2 Å². The van der Waals surface area contributed by atoms with Crippen molar-refractivity contribution in [1.29, 1.82) is 5.26 Å². The highest BCUT2D eigenvalue weighted by atomic mass is 19.1. The summed E-state index contributed by atoms with van der Waals surface area (Å²) in [6.07, 6.45) is 0. The van der Waals surface area contributed by atoms with Crippen molar-refractivity contribution < 1.29 is 4.39 Å². The summed E-state index contributed by atoms with van der Waals surface area (Å²) in [6, 6.07) is 12.7. The first-order valence-corrected chi connectivity index (χ1v) is 6.10. The van der Waals surface area contributed by atoms with Crippen LogP contribution in [0.15, 0.2) is 36.4 Å². The predicted molar refractivity (Wildman–Crippen MR) is 74.4 cm³/mol. The van der Waals surface area contributed by atoms with Crippen LogP contribution < -0.4 is 5.32 Å². The summed E-state index contributed by atoms with van der Waals surface area (Å²) in [5.74, 6) is -0.493. The van der Waals surface area contributed by atoms with Gasteiger partial charge in [0.25, 0.3) is 0 Å². The van der Waals surface area contributed by atoms with Gasteiger partial charge in [-0.2, -0.15) is 5.26 Å². The van der Waals surface area contributed by atoms with Gasteiger partial charge in [-0.15, -0.1) is 0 Å². The Morgan fingerprint density at radius 2 is 1.84 bits per heavy atom. The zero-order valence-corrected chi connectivity index (χ0v) is 11.0. The molecule has 0 aliphatic carbocycles. The van der Waals surface area contributed by atoms with E-state index < -0.39 is 5.82 Å². The molecule has 0 radical (unpaired) electrons. The lowest BCUT2D eigenvalue weighted by Crippen LogP contribution is -2.03. The number of nitrogens with zero attached hydrogens (tertiary/aromatic N) is 1. The molecule has 0 aliphatic rings. The largest absolute Gasteiger partial charge is 0.380 e. The van der Waals surface area contributed by atoms with E-state index in [1.54, 1.807) is 12.1 Å². The lowest BCUT2D eigenvalue weighted by atomic mass is 10.1. The molecule has 0 atom stereocenters. The number of benzene rings is 2. The second kappa shape index (κ2) is 5.53. The fraction of sp³-hybridized carbons (Fsp3) is 0.188. The van der Waals surface area contributed by atoms with Crippen LogP contribution in [0.2, 0.25) is 0 Å². The summed E-state index contributed by atoms with van der Waals surface area (Å²) in [5.41, 5.74) is 4.09. The maximum absolute atomic E-state index is 13.4. The monoisotopic (exact) mass is 254 g/mol. The van der Waals surface area contributed by atoms with Gasteiger partial charge in [-0.05, 0) is 31.5 Å². The molecule has 0 fully saturated rings. The summed E-state index contributed by atoms with van der Waals surface area (Å²) in [4.78, 5) is 0. The van der Waals surface area contributed by atoms with Gasteiger partial charge in [-0.25, -0.2) is 4.39 Å². The zero-order valence-electron chi connectivity index (χ0n) is 11.0. The summed E-state index contributed by atoms with van der Waals surface area (Å²) in [6.45, 7) is 4.65. The lowest BCUT2D eigenvalue weighted by molar-refractivity contribution is 0.624. The number of halogens is 1. The molecule has 3 heteroatoms. The summed E-state index contributed by atoms with van der Waals surface area (Å²) in [7, 11) is 0. The molecule has 0 saturated carbocycles. The van der Waals surface area contributed by atoms with E-state index >= 15 is 0 Å². The van der Waals surface area contributed by atoms with Crippen LogP contribution in [0.3, 0.4) is 0 Å². The minimum absolute atomic E-state index is 0.0619. The van der Waals surface area contributed by atoms with Crippen LogP contribution in [0, 0.1) is 31.0 Å². The number of hydrogen-bond donors (Lipinski definition) is 1. The molecule has 0 bridgehead atoms. The highest BCUT2D eigenvalue weighted by Gasteiger charge is 2.07. The van der Waals surface area contributed by atoms with Crippen molar-refractivity contribution in [2.75, 3.05) is 5.32 Å². The van der Waals surface area contributed by atoms with Crippen LogP contribution in [-0.2, 0) is 6.54 Å². The third kappa shape index (κ3) is 3.11. The molecule has 0 saturated heterocycles. The molecule has 0 aromatic heterocycles. The number of rotatable bonds is 3. The van der Waals surface area contributed by atoms with E-state index in [-0.39, 0.29) is 5.56 Å². The number of anilines is 1. The fourth-order valence-corrected chi connectivity index (χ4v) is 2.15. The third-order valence-corrected chi connectivity index (χ3v) is 2.89. The average molecular weight is 254 g/mol. The van der Waals surface area contributed by atoms with Crippen LogP contribution in [0.5, 0.6) is 0 Å². The highest BCUT2D eigenvalue weighted by Crippen LogP contribution is 2.19. The molecule has 2 rings (SSSR count). The molecule has 1 N–H and O–H groups in total. The highest BCUT2D eigenvalue weighted by molar-refractivity contribution is 5.58. The molecule has 2 aromatic carbocycles. The van der Waals surface area contributed by atoms with Gasteiger partial charge in [0, 0.05) is 6.54 Å². The van der Waals surface area contributed by atoms with E-state index in [1.165, 1.54) is 17.2 Å². The average Bonchev–Trinajstić information content (AvgIpc) is 2.35. The molecule has 0 heterocycles. The van der Waals surface area contributed by atoms with Crippen molar-refractivity contribution >= 4 is 5.69 Å².